The first-order valence-electron chi connectivity index (χ1n) is 14.0. The Labute approximate surface area is 202 Å². The molecule has 0 radical (unpaired) electrons. The van der Waals surface area contributed by atoms with Crippen LogP contribution in [0.15, 0.2) is 0 Å². The third kappa shape index (κ3) is 3.32. The fourth-order valence-corrected chi connectivity index (χ4v) is 9.86. The Morgan fingerprint density at radius 2 is 1.55 bits per heavy atom. The minimum Gasteiger partial charge on any atom is -0.332 e. The molecule has 5 fully saturated rings. The van der Waals surface area contributed by atoms with E-state index >= 15 is 0 Å². The van der Waals surface area contributed by atoms with Crippen molar-refractivity contribution in [1.82, 2.24) is 9.80 Å². The predicted molar refractivity (Wildman–Crippen MR) is 133 cm³/mol. The third-order valence-electron chi connectivity index (χ3n) is 12.1. The summed E-state index contributed by atoms with van der Waals surface area (Å²) >= 11 is 0. The van der Waals surface area contributed by atoms with Crippen LogP contribution in [0.3, 0.4) is 0 Å². The number of carbonyl (C=O) groups is 2. The lowest BCUT2D eigenvalue weighted by Gasteiger charge is -2.61. The number of nitrogens with zero attached hydrogens (tertiary/aromatic N) is 2. The molecule has 1 saturated heterocycles. The second-order valence-corrected chi connectivity index (χ2v) is 13.7. The summed E-state index contributed by atoms with van der Waals surface area (Å²) in [5.74, 6) is 4.47. The molecule has 0 bridgehead atoms. The van der Waals surface area contributed by atoms with E-state index in [-0.39, 0.29) is 29.2 Å². The van der Waals surface area contributed by atoms with Gasteiger partial charge in [0.15, 0.2) is 5.78 Å². The average molecular weight is 457 g/mol. The van der Waals surface area contributed by atoms with E-state index in [4.69, 9.17) is 0 Å². The number of hydrogen-bond acceptors (Lipinski definition) is 3. The second kappa shape index (κ2) is 8.07. The van der Waals surface area contributed by atoms with Crippen molar-refractivity contribution in [1.29, 1.82) is 0 Å². The molecule has 186 valence electrons. The SMILES string of the molecule is CC(C)[C@@H]1CN([C@H]2CC[C@@]3(C)[C@@H](CC[C@H]4[C@H]5CC[C@@H]([C@@H](C)N(C)C)[C@@]5(C)CC[C@@H]43)C2=O)C1=O. The average Bonchev–Trinajstić information content (AvgIpc) is 3.10. The number of hydrogen-bond donors (Lipinski definition) is 0. The molecule has 1 heterocycles. The van der Waals surface area contributed by atoms with E-state index in [0.29, 0.717) is 29.1 Å². The van der Waals surface area contributed by atoms with Gasteiger partial charge in [0.05, 0.1) is 12.0 Å². The number of carbonyl (C=O) groups excluding carboxylic acids is 2. The van der Waals surface area contributed by atoms with E-state index in [1.165, 1.54) is 32.1 Å². The molecular formula is C29H48N2O2. The highest BCUT2D eigenvalue weighted by Gasteiger charge is 2.63. The smallest absolute Gasteiger partial charge is 0.228 e. The first-order chi connectivity index (χ1) is 15.5. The van der Waals surface area contributed by atoms with Crippen molar-refractivity contribution in [2.45, 2.75) is 98.1 Å². The summed E-state index contributed by atoms with van der Waals surface area (Å²) in [6, 6.07) is 0.511. The number of amides is 1. The summed E-state index contributed by atoms with van der Waals surface area (Å²) in [6.07, 6.45) is 9.72. The number of ketones is 1. The largest absolute Gasteiger partial charge is 0.332 e. The third-order valence-corrected chi connectivity index (χ3v) is 12.1. The molecule has 0 spiro atoms. The molecule has 0 aromatic carbocycles. The van der Waals surface area contributed by atoms with Crippen molar-refractivity contribution in [3.05, 3.63) is 0 Å². The van der Waals surface area contributed by atoms with Gasteiger partial charge in [-0.3, -0.25) is 9.59 Å². The number of likely N-dealkylation sites (tertiary alicyclic amines) is 1. The topological polar surface area (TPSA) is 40.6 Å². The molecule has 0 aromatic rings. The molecule has 1 aliphatic heterocycles. The van der Waals surface area contributed by atoms with Crippen molar-refractivity contribution in [2.75, 3.05) is 20.6 Å². The van der Waals surface area contributed by atoms with Crippen LogP contribution in [0.1, 0.15) is 86.0 Å². The first kappa shape index (κ1) is 23.8. The van der Waals surface area contributed by atoms with Crippen LogP contribution in [-0.4, -0.2) is 54.2 Å². The fraction of sp³-hybridized carbons (Fsp3) is 0.931. The van der Waals surface area contributed by atoms with Crippen LogP contribution in [0, 0.1) is 52.3 Å². The van der Waals surface area contributed by atoms with Gasteiger partial charge in [0, 0.05) is 18.5 Å². The molecule has 10 atom stereocenters. The van der Waals surface area contributed by atoms with E-state index in [9.17, 15) is 9.59 Å². The Morgan fingerprint density at radius 3 is 2.18 bits per heavy atom. The maximum Gasteiger partial charge on any atom is 0.228 e. The Hall–Kier alpha value is -0.900. The lowest BCUT2D eigenvalue weighted by atomic mass is 9.44. The van der Waals surface area contributed by atoms with Crippen LogP contribution in [0.2, 0.25) is 0 Å². The molecule has 5 aliphatic rings. The zero-order chi connectivity index (χ0) is 23.9. The lowest BCUT2D eigenvalue weighted by Crippen LogP contribution is -2.65. The Balaban J connectivity index is 1.33. The number of β-lactam (4-membered cyclic amide) rings is 1. The van der Waals surface area contributed by atoms with Crippen molar-refractivity contribution >= 4 is 11.7 Å². The van der Waals surface area contributed by atoms with Gasteiger partial charge in [-0.1, -0.05) is 27.7 Å². The van der Waals surface area contributed by atoms with Gasteiger partial charge in [-0.25, -0.2) is 0 Å². The molecule has 33 heavy (non-hydrogen) atoms. The predicted octanol–water partition coefficient (Wildman–Crippen LogP) is 5.26. The van der Waals surface area contributed by atoms with Crippen LogP contribution < -0.4 is 0 Å². The summed E-state index contributed by atoms with van der Waals surface area (Å²) in [5, 5.41) is 0. The summed E-state index contributed by atoms with van der Waals surface area (Å²) < 4.78 is 0. The molecule has 4 aliphatic carbocycles. The van der Waals surface area contributed by atoms with Gasteiger partial charge in [0.2, 0.25) is 5.91 Å². The molecule has 4 heteroatoms. The van der Waals surface area contributed by atoms with Gasteiger partial charge in [-0.15, -0.1) is 0 Å². The minimum absolute atomic E-state index is 0.132. The minimum atomic E-state index is -0.132. The van der Waals surface area contributed by atoms with Crippen LogP contribution in [0.25, 0.3) is 0 Å². The Bertz CT molecular complexity index is 807. The maximum atomic E-state index is 13.8. The van der Waals surface area contributed by atoms with Crippen LogP contribution in [-0.2, 0) is 9.59 Å². The lowest BCUT2D eigenvalue weighted by molar-refractivity contribution is -0.171. The highest BCUT2D eigenvalue weighted by molar-refractivity contribution is 5.95. The fourth-order valence-electron chi connectivity index (χ4n) is 9.86. The van der Waals surface area contributed by atoms with E-state index in [0.717, 1.165) is 43.6 Å². The first-order valence-corrected chi connectivity index (χ1v) is 14.0. The molecule has 0 N–H and O–H groups in total. The maximum absolute atomic E-state index is 13.8. The molecule has 5 rings (SSSR count). The zero-order valence-electron chi connectivity index (χ0n) is 22.3. The summed E-state index contributed by atoms with van der Waals surface area (Å²) in [7, 11) is 4.49. The molecule has 1 amide bonds. The highest BCUT2D eigenvalue weighted by Crippen LogP contribution is 2.67. The van der Waals surface area contributed by atoms with Gasteiger partial charge >= 0.3 is 0 Å². The van der Waals surface area contributed by atoms with Gasteiger partial charge in [0.25, 0.3) is 0 Å². The van der Waals surface area contributed by atoms with Crippen molar-refractivity contribution in [3.8, 4) is 0 Å². The summed E-state index contributed by atoms with van der Waals surface area (Å²) in [5.41, 5.74) is 0.611. The second-order valence-electron chi connectivity index (χ2n) is 13.7. The molecule has 0 unspecified atom stereocenters. The van der Waals surface area contributed by atoms with Gasteiger partial charge in [-0.05, 0) is 113 Å². The van der Waals surface area contributed by atoms with Crippen LogP contribution >= 0.6 is 0 Å². The van der Waals surface area contributed by atoms with Crippen LogP contribution in [0.5, 0.6) is 0 Å². The number of Topliss-reactive ketones (excluding diaryl/α,β-unsaturated/α-hetero) is 1. The van der Waals surface area contributed by atoms with Gasteiger partial charge in [0.1, 0.15) is 0 Å². The highest BCUT2D eigenvalue weighted by atomic mass is 16.2. The van der Waals surface area contributed by atoms with Gasteiger partial charge < -0.3 is 9.80 Å². The van der Waals surface area contributed by atoms with E-state index in [2.05, 4.69) is 53.6 Å². The van der Waals surface area contributed by atoms with E-state index in [1.807, 2.05) is 4.90 Å². The van der Waals surface area contributed by atoms with E-state index in [1.54, 1.807) is 0 Å². The van der Waals surface area contributed by atoms with Crippen LogP contribution in [0.4, 0.5) is 0 Å². The van der Waals surface area contributed by atoms with Crippen molar-refractivity contribution in [3.63, 3.8) is 0 Å². The number of fused-ring (bicyclic) bond motifs is 5. The van der Waals surface area contributed by atoms with Crippen molar-refractivity contribution in [2.24, 2.45) is 52.3 Å². The number of rotatable bonds is 4. The molecule has 0 aromatic heterocycles. The van der Waals surface area contributed by atoms with E-state index < -0.39 is 0 Å². The van der Waals surface area contributed by atoms with Crippen molar-refractivity contribution < 1.29 is 9.59 Å². The standard InChI is InChI=1S/C29H48N2O2/c1-17(2)20-16-31(27(20)33)25-13-15-29(5)23-12-14-28(4)21(18(3)30(6)7)10-11-22(28)19(23)8-9-24(29)26(25)32/h17-25H,8-16H2,1-7H3/t18-,19+,20+,21+,22-,23+,24+,25+,28-,29-/m1/s1. The summed E-state index contributed by atoms with van der Waals surface area (Å²) in [4.78, 5) is 31.0. The quantitative estimate of drug-likeness (QED) is 0.542. The normalized spacial score (nSPS) is 48.4. The zero-order valence-corrected chi connectivity index (χ0v) is 22.3. The monoisotopic (exact) mass is 456 g/mol. The molecule has 4 saturated carbocycles. The summed E-state index contributed by atoms with van der Waals surface area (Å²) in [6.45, 7) is 12.6. The molecule has 4 nitrogen and oxygen atoms in total. The van der Waals surface area contributed by atoms with Gasteiger partial charge in [-0.2, -0.15) is 0 Å². The Morgan fingerprint density at radius 1 is 0.879 bits per heavy atom. The molecular weight excluding hydrogens is 408 g/mol. The Kier molecular flexibility index (Phi) is 5.82.